The molecule has 31 heteroatoms. The van der Waals surface area contributed by atoms with Crippen molar-refractivity contribution in [2.24, 2.45) is 5.73 Å². The molecule has 0 aromatic carbocycles. The first kappa shape index (κ1) is 55.1. The van der Waals surface area contributed by atoms with Crippen molar-refractivity contribution in [3.8, 4) is 0 Å². The van der Waals surface area contributed by atoms with Crippen LogP contribution in [0.3, 0.4) is 0 Å². The molecule has 0 saturated carbocycles. The van der Waals surface area contributed by atoms with E-state index in [0.29, 0.717) is 0 Å². The van der Waals surface area contributed by atoms with Crippen LogP contribution in [-0.2, 0) is 52.1 Å². The number of ether oxygens (including phenoxy) is 11. The summed E-state index contributed by atoms with van der Waals surface area (Å²) in [7, 11) is 0. The smallest absolute Gasteiger partial charge is 0.187 e. The quantitative estimate of drug-likeness (QED) is 0.0683. The minimum atomic E-state index is -2.11. The summed E-state index contributed by atoms with van der Waals surface area (Å²) in [6, 6.07) is -1.55. The Labute approximate surface area is 378 Å². The van der Waals surface area contributed by atoms with Gasteiger partial charge in [-0.3, -0.25) is 0 Å². The predicted octanol–water partition coefficient (Wildman–Crippen LogP) is -14.1. The molecule has 6 aliphatic rings. The summed E-state index contributed by atoms with van der Waals surface area (Å²) < 4.78 is 60.7. The van der Waals surface area contributed by atoms with Gasteiger partial charge in [0.05, 0.1) is 45.7 Å². The molecule has 6 heterocycles. The van der Waals surface area contributed by atoms with Crippen LogP contribution >= 0.6 is 0 Å². The summed E-state index contributed by atoms with van der Waals surface area (Å²) in [5.74, 6) is 0. The molecule has 6 saturated heterocycles. The van der Waals surface area contributed by atoms with E-state index in [1.165, 1.54) is 0 Å². The molecule has 21 N–H and O–H groups in total. The maximum Gasteiger partial charge on any atom is 0.187 e. The van der Waals surface area contributed by atoms with Gasteiger partial charge in [0.2, 0.25) is 0 Å². The highest BCUT2D eigenvalue weighted by atomic mass is 16.8. The van der Waals surface area contributed by atoms with Gasteiger partial charge in [-0.25, -0.2) is 0 Å². The molecule has 6 rings (SSSR count). The average molecular weight is 990 g/mol. The molecular formula is C36H63NO30. The molecule has 0 amide bonds. The van der Waals surface area contributed by atoms with E-state index in [9.17, 15) is 97.0 Å². The van der Waals surface area contributed by atoms with Crippen molar-refractivity contribution < 1.29 is 149 Å². The zero-order valence-corrected chi connectivity index (χ0v) is 35.1. The van der Waals surface area contributed by atoms with Crippen LogP contribution in [0.5, 0.6) is 0 Å². The Morgan fingerprint density at radius 1 is 0.299 bits per heavy atom. The van der Waals surface area contributed by atoms with Gasteiger partial charge in [-0.15, -0.1) is 0 Å². The molecule has 6 aliphatic heterocycles. The molecule has 31 nitrogen and oxygen atoms in total. The lowest BCUT2D eigenvalue weighted by molar-refractivity contribution is -0.367. The fourth-order valence-electron chi connectivity index (χ4n) is 8.23. The molecule has 392 valence electrons. The Kier molecular flexibility index (Phi) is 19.4. The fourth-order valence-corrected chi connectivity index (χ4v) is 8.23. The van der Waals surface area contributed by atoms with Crippen LogP contribution in [0.2, 0.25) is 0 Å². The highest BCUT2D eigenvalue weighted by molar-refractivity contribution is 4.98. The van der Waals surface area contributed by atoms with Crippen LogP contribution in [0.4, 0.5) is 0 Å². The molecule has 30 atom stereocenters. The first-order valence-electron chi connectivity index (χ1n) is 21.2. The Morgan fingerprint density at radius 3 is 1.07 bits per heavy atom. The average Bonchev–Trinajstić information content (AvgIpc) is 3.31. The van der Waals surface area contributed by atoms with Crippen molar-refractivity contribution in [1.29, 1.82) is 0 Å². The van der Waals surface area contributed by atoms with Gasteiger partial charge >= 0.3 is 0 Å². The summed E-state index contributed by atoms with van der Waals surface area (Å²) in [5.41, 5.74) is 6.01. The minimum Gasteiger partial charge on any atom is -0.394 e. The van der Waals surface area contributed by atoms with Gasteiger partial charge in [-0.1, -0.05) is 0 Å². The SMILES string of the molecule is N[C@H]1[C@H](O[C@@H]2[C@@H](O)[C@H](OC[C@H]3O[C@@H](OC[C@H]4OC(O)[C@H](O)[C@@H](O[C@@H]5O[C@H](CO)[C@@H](O)[C@H](O)[C@H]5O)[C@@H]4O)[C@H](O)[C@@H](O)[C@@H]3O)O[C@H](CO[C@@H]3O[C@H](CO)[C@@H](O)[C@H](O)[C@H]3O)[C@H]2O)O[C@H](CO)[C@@H](O)[C@@H]1O. The predicted molar refractivity (Wildman–Crippen MR) is 201 cm³/mol. The Bertz CT molecular complexity index is 1510. The molecule has 1 unspecified atom stereocenters. The summed E-state index contributed by atoms with van der Waals surface area (Å²) in [6.45, 7) is -4.96. The Balaban J connectivity index is 1.13. The van der Waals surface area contributed by atoms with Crippen molar-refractivity contribution >= 4 is 0 Å². The van der Waals surface area contributed by atoms with Crippen LogP contribution in [-0.4, -0.2) is 321 Å². The third-order valence-electron chi connectivity index (χ3n) is 12.5. The largest absolute Gasteiger partial charge is 0.394 e. The summed E-state index contributed by atoms with van der Waals surface area (Å²) >= 11 is 0. The van der Waals surface area contributed by atoms with Crippen LogP contribution in [0, 0.1) is 0 Å². The zero-order chi connectivity index (χ0) is 49.3. The van der Waals surface area contributed by atoms with Crippen LogP contribution < -0.4 is 5.73 Å². The number of aliphatic hydroxyl groups is 19. The van der Waals surface area contributed by atoms with E-state index in [0.717, 1.165) is 0 Å². The molecule has 67 heavy (non-hydrogen) atoms. The van der Waals surface area contributed by atoms with Gasteiger partial charge in [0.15, 0.2) is 37.7 Å². The normalized spacial score (nSPS) is 53.4. The van der Waals surface area contributed by atoms with Gasteiger partial charge in [0.1, 0.15) is 140 Å². The zero-order valence-electron chi connectivity index (χ0n) is 35.1. The molecule has 0 bridgehead atoms. The van der Waals surface area contributed by atoms with Crippen LogP contribution in [0.25, 0.3) is 0 Å². The van der Waals surface area contributed by atoms with Crippen LogP contribution in [0.15, 0.2) is 0 Å². The van der Waals surface area contributed by atoms with E-state index in [4.69, 9.17) is 57.8 Å². The molecule has 0 radical (unpaired) electrons. The third kappa shape index (κ3) is 11.7. The van der Waals surface area contributed by atoms with E-state index in [1.807, 2.05) is 0 Å². The van der Waals surface area contributed by atoms with E-state index in [1.54, 1.807) is 0 Å². The Morgan fingerprint density at radius 2 is 0.612 bits per heavy atom. The highest BCUT2D eigenvalue weighted by Crippen LogP contribution is 2.33. The standard InChI is InChI=1S/C36H63NO30/c37-13-20(47)14(41)7(1-38)61-32(13)66-30-19(46)12(6-58-33-24(51)21(48)15(42)8(2-39)62-33)65-35(28(30)55)59-4-10-17(44)23(50)25(52)34(64-10)57-5-11-18(45)29(27(54)31(56)60-11)67-36-26(53)22(49)16(43)9(3-40)63-36/h7-36,38-56H,1-6,37H2/t7-,8-,9-,10-,11-,12-,13-,14-,15-,16-,17-,18-,19-,20-,21+,22+,23+,24-,25-,26-,27-,28-,29+,30+,31?,32+,33-,34-,35-,36+/m1/s1. The lowest BCUT2D eigenvalue weighted by Gasteiger charge is -2.47. The van der Waals surface area contributed by atoms with Crippen molar-refractivity contribution in [3.63, 3.8) is 0 Å². The molecular weight excluding hydrogens is 926 g/mol. The van der Waals surface area contributed by atoms with Crippen LogP contribution in [0.1, 0.15) is 0 Å². The fraction of sp³-hybridized carbons (Fsp3) is 1.00. The van der Waals surface area contributed by atoms with Crippen molar-refractivity contribution in [3.05, 3.63) is 0 Å². The van der Waals surface area contributed by atoms with E-state index < -0.39 is 224 Å². The monoisotopic (exact) mass is 989 g/mol. The lowest BCUT2D eigenvalue weighted by Crippen LogP contribution is -2.67. The maximum absolute atomic E-state index is 11.4. The van der Waals surface area contributed by atoms with E-state index in [2.05, 4.69) is 0 Å². The minimum absolute atomic E-state index is 0.785. The van der Waals surface area contributed by atoms with Gasteiger partial charge in [0, 0.05) is 0 Å². The number of hydrogen-bond acceptors (Lipinski definition) is 31. The number of nitrogens with two attached hydrogens (primary N) is 1. The third-order valence-corrected chi connectivity index (χ3v) is 12.5. The number of hydrogen-bond donors (Lipinski definition) is 20. The lowest BCUT2D eigenvalue weighted by atomic mass is 9.96. The highest BCUT2D eigenvalue weighted by Gasteiger charge is 2.54. The molecule has 0 spiro atoms. The molecule has 6 fully saturated rings. The van der Waals surface area contributed by atoms with Crippen molar-refractivity contribution in [1.82, 2.24) is 0 Å². The van der Waals surface area contributed by atoms with Gasteiger partial charge in [-0.05, 0) is 0 Å². The second-order valence-electron chi connectivity index (χ2n) is 17.0. The van der Waals surface area contributed by atoms with Crippen molar-refractivity contribution in [2.45, 2.75) is 184 Å². The first-order valence-corrected chi connectivity index (χ1v) is 21.2. The molecule has 0 aromatic rings. The number of aliphatic hydroxyl groups excluding tert-OH is 19. The van der Waals surface area contributed by atoms with E-state index >= 15 is 0 Å². The molecule has 0 aromatic heterocycles. The Hall–Kier alpha value is -1.24. The summed E-state index contributed by atoms with van der Waals surface area (Å²) in [4.78, 5) is 0. The van der Waals surface area contributed by atoms with E-state index in [-0.39, 0.29) is 0 Å². The summed E-state index contributed by atoms with van der Waals surface area (Å²) in [5, 5.41) is 198. The van der Waals surface area contributed by atoms with Gasteiger partial charge < -0.3 is 155 Å². The first-order chi connectivity index (χ1) is 31.6. The van der Waals surface area contributed by atoms with Gasteiger partial charge in [0.25, 0.3) is 0 Å². The maximum atomic E-state index is 11.4. The second-order valence-corrected chi connectivity index (χ2v) is 17.0. The summed E-state index contributed by atoms with van der Waals surface area (Å²) in [6.07, 6.45) is -53.0. The van der Waals surface area contributed by atoms with Crippen molar-refractivity contribution in [2.75, 3.05) is 39.6 Å². The topological polar surface area (TPSA) is 512 Å². The van der Waals surface area contributed by atoms with Gasteiger partial charge in [-0.2, -0.15) is 0 Å². The number of rotatable bonds is 16. The second kappa shape index (κ2) is 23.5. The molecule has 0 aliphatic carbocycles.